The number of nitrogens with one attached hydrogen (secondary N) is 1. The monoisotopic (exact) mass is 163 g/mol. The minimum Gasteiger partial charge on any atom is -0.313 e. The van der Waals surface area contributed by atoms with Crippen LogP contribution in [0.25, 0.3) is 0 Å². The Bertz CT molecular complexity index is 81.1. The van der Waals surface area contributed by atoms with Gasteiger partial charge >= 0.3 is 0 Å². The normalized spacial score (nSPS) is 30.7. The quantitative estimate of drug-likeness (QED) is 0.475. The third-order valence-corrected chi connectivity index (χ3v) is 3.49. The van der Waals surface area contributed by atoms with Crippen molar-refractivity contribution in [2.24, 2.45) is 0 Å². The molecule has 9 heavy (non-hydrogen) atoms. The zero-order valence-electron chi connectivity index (χ0n) is 5.63. The van der Waals surface area contributed by atoms with Crippen molar-refractivity contribution in [3.63, 3.8) is 0 Å². The maximum Gasteiger partial charge on any atom is 0.0274 e. The summed E-state index contributed by atoms with van der Waals surface area (Å²) in [6.07, 6.45) is 2.66. The molecule has 1 heterocycles. The lowest BCUT2D eigenvalue weighted by Gasteiger charge is -2.15. The van der Waals surface area contributed by atoms with Crippen LogP contribution in [0.4, 0.5) is 0 Å². The van der Waals surface area contributed by atoms with Crippen LogP contribution in [0, 0.1) is 0 Å². The molecule has 1 aliphatic rings. The van der Waals surface area contributed by atoms with Crippen LogP contribution in [0.15, 0.2) is 0 Å². The van der Waals surface area contributed by atoms with E-state index in [2.05, 4.69) is 23.9 Å². The zero-order valence-corrected chi connectivity index (χ0v) is 7.34. The Morgan fingerprint density at radius 3 is 3.00 bits per heavy atom. The first-order valence-electron chi connectivity index (χ1n) is 3.38. The fourth-order valence-electron chi connectivity index (χ4n) is 1.19. The van der Waals surface area contributed by atoms with Crippen LogP contribution in [0.1, 0.15) is 19.8 Å². The van der Waals surface area contributed by atoms with Gasteiger partial charge in [0, 0.05) is 11.3 Å². The average molecular weight is 163 g/mol. The van der Waals surface area contributed by atoms with Crippen molar-refractivity contribution in [3.8, 4) is 0 Å². The van der Waals surface area contributed by atoms with Crippen LogP contribution in [0.3, 0.4) is 0 Å². The van der Waals surface area contributed by atoms with Gasteiger partial charge in [-0.15, -0.1) is 11.7 Å². The fourth-order valence-corrected chi connectivity index (χ4v) is 2.01. The Morgan fingerprint density at radius 1 is 1.78 bits per heavy atom. The van der Waals surface area contributed by atoms with E-state index in [0.29, 0.717) is 11.3 Å². The van der Waals surface area contributed by atoms with E-state index in [-0.39, 0.29) is 0 Å². The van der Waals surface area contributed by atoms with Crippen LogP contribution < -0.4 is 5.32 Å². The summed E-state index contributed by atoms with van der Waals surface area (Å²) >= 11 is 4.17. The average Bonchev–Trinajstić information content (AvgIpc) is 2.37. The standard InChI is InChI=1S/C6H13NS2/c1-5(9-8)6-3-2-4-7-6/h5-8H,2-4H2,1H3. The molecule has 0 aromatic heterocycles. The predicted octanol–water partition coefficient (Wildman–Crippen LogP) is 1.70. The summed E-state index contributed by atoms with van der Waals surface area (Å²) in [6.45, 7) is 3.42. The lowest BCUT2D eigenvalue weighted by Crippen LogP contribution is -2.29. The maximum atomic E-state index is 4.17. The van der Waals surface area contributed by atoms with Gasteiger partial charge < -0.3 is 5.32 Å². The van der Waals surface area contributed by atoms with Crippen molar-refractivity contribution in [3.05, 3.63) is 0 Å². The van der Waals surface area contributed by atoms with Gasteiger partial charge in [-0.25, -0.2) is 0 Å². The summed E-state index contributed by atoms with van der Waals surface area (Å²) in [4.78, 5) is 0. The Labute approximate surface area is 65.8 Å². The molecule has 1 rings (SSSR count). The molecule has 3 heteroatoms. The topological polar surface area (TPSA) is 12.0 Å². The highest BCUT2D eigenvalue weighted by Crippen LogP contribution is 2.22. The van der Waals surface area contributed by atoms with Gasteiger partial charge in [-0.05, 0) is 19.4 Å². The molecule has 0 bridgehead atoms. The molecule has 54 valence electrons. The largest absolute Gasteiger partial charge is 0.313 e. The molecule has 0 spiro atoms. The maximum absolute atomic E-state index is 4.17. The van der Waals surface area contributed by atoms with Crippen molar-refractivity contribution < 1.29 is 0 Å². The lowest BCUT2D eigenvalue weighted by molar-refractivity contribution is 0.602. The molecule has 0 amide bonds. The Hall–Kier alpha value is 0.660. The van der Waals surface area contributed by atoms with Gasteiger partial charge in [0.2, 0.25) is 0 Å². The minimum atomic E-state index is 0.663. The molecule has 2 atom stereocenters. The molecular weight excluding hydrogens is 150 g/mol. The molecule has 1 nitrogen and oxygen atoms in total. The molecule has 1 fully saturated rings. The van der Waals surface area contributed by atoms with Gasteiger partial charge in [-0.3, -0.25) is 0 Å². The van der Waals surface area contributed by atoms with E-state index >= 15 is 0 Å². The second-order valence-corrected chi connectivity index (χ2v) is 4.10. The van der Waals surface area contributed by atoms with Gasteiger partial charge in [0.25, 0.3) is 0 Å². The van der Waals surface area contributed by atoms with Gasteiger partial charge in [0.1, 0.15) is 0 Å². The molecule has 0 radical (unpaired) electrons. The van der Waals surface area contributed by atoms with Gasteiger partial charge in [-0.1, -0.05) is 17.7 Å². The van der Waals surface area contributed by atoms with E-state index in [1.807, 2.05) is 0 Å². The highest BCUT2D eigenvalue weighted by molar-refractivity contribution is 8.68. The molecule has 1 aliphatic heterocycles. The second kappa shape index (κ2) is 3.74. The van der Waals surface area contributed by atoms with E-state index in [1.54, 1.807) is 10.8 Å². The summed E-state index contributed by atoms with van der Waals surface area (Å²) < 4.78 is 0. The number of rotatable bonds is 2. The fraction of sp³-hybridized carbons (Fsp3) is 1.00. The summed E-state index contributed by atoms with van der Waals surface area (Å²) in [6, 6.07) is 0.715. The van der Waals surface area contributed by atoms with Crippen molar-refractivity contribution in [2.45, 2.75) is 31.1 Å². The summed E-state index contributed by atoms with van der Waals surface area (Å²) in [7, 11) is 1.65. The first-order chi connectivity index (χ1) is 4.34. The minimum absolute atomic E-state index is 0.663. The highest BCUT2D eigenvalue weighted by Gasteiger charge is 2.19. The molecule has 2 unspecified atom stereocenters. The summed E-state index contributed by atoms with van der Waals surface area (Å²) in [5.74, 6) is 0. The zero-order chi connectivity index (χ0) is 6.69. The van der Waals surface area contributed by atoms with Gasteiger partial charge in [0.15, 0.2) is 0 Å². The second-order valence-electron chi connectivity index (χ2n) is 2.51. The molecule has 0 saturated carbocycles. The molecule has 1 saturated heterocycles. The first-order valence-corrected chi connectivity index (χ1v) is 5.31. The van der Waals surface area contributed by atoms with Crippen molar-refractivity contribution in [2.75, 3.05) is 6.54 Å². The van der Waals surface area contributed by atoms with E-state index in [0.717, 1.165) is 0 Å². The van der Waals surface area contributed by atoms with E-state index < -0.39 is 0 Å². The van der Waals surface area contributed by atoms with Gasteiger partial charge in [-0.2, -0.15) is 0 Å². The first kappa shape index (κ1) is 7.76. The third-order valence-electron chi connectivity index (χ3n) is 1.83. The van der Waals surface area contributed by atoms with Crippen molar-refractivity contribution in [1.82, 2.24) is 5.32 Å². The number of hydrogen-bond acceptors (Lipinski definition) is 3. The molecule has 0 aromatic carbocycles. The van der Waals surface area contributed by atoms with E-state index in [9.17, 15) is 0 Å². The lowest BCUT2D eigenvalue weighted by atomic mass is 10.2. The smallest absolute Gasteiger partial charge is 0.0274 e. The highest BCUT2D eigenvalue weighted by atomic mass is 33.1. The van der Waals surface area contributed by atoms with Crippen LogP contribution in [-0.2, 0) is 0 Å². The van der Waals surface area contributed by atoms with Crippen molar-refractivity contribution in [1.29, 1.82) is 0 Å². The predicted molar refractivity (Wildman–Crippen MR) is 47.1 cm³/mol. The number of thiol groups is 1. The third kappa shape index (κ3) is 2.06. The molecule has 0 aromatic rings. The van der Waals surface area contributed by atoms with Crippen LogP contribution in [0.5, 0.6) is 0 Å². The van der Waals surface area contributed by atoms with E-state index in [4.69, 9.17) is 0 Å². The van der Waals surface area contributed by atoms with Crippen molar-refractivity contribution >= 4 is 22.5 Å². The Kier molecular flexibility index (Phi) is 3.22. The number of hydrogen-bond donors (Lipinski definition) is 2. The SMILES string of the molecule is CC(SS)C1CCCN1. The molecule has 0 aliphatic carbocycles. The molecular formula is C6H13NS2. The Morgan fingerprint density at radius 2 is 2.56 bits per heavy atom. The van der Waals surface area contributed by atoms with Crippen LogP contribution in [0.2, 0.25) is 0 Å². The molecule has 1 N–H and O–H groups in total. The van der Waals surface area contributed by atoms with Crippen LogP contribution in [-0.4, -0.2) is 17.8 Å². The van der Waals surface area contributed by atoms with E-state index in [1.165, 1.54) is 19.4 Å². The Balaban J connectivity index is 2.24. The van der Waals surface area contributed by atoms with Gasteiger partial charge in [0.05, 0.1) is 0 Å². The summed E-state index contributed by atoms with van der Waals surface area (Å²) in [5, 5.41) is 4.10. The summed E-state index contributed by atoms with van der Waals surface area (Å²) in [5.41, 5.74) is 0. The van der Waals surface area contributed by atoms with Crippen LogP contribution >= 0.6 is 22.5 Å².